The van der Waals surface area contributed by atoms with Crippen molar-refractivity contribution in [2.75, 3.05) is 5.75 Å². The number of thioether (sulfide) groups is 1. The zero-order valence-electron chi connectivity index (χ0n) is 7.31. The average molecular weight is 229 g/mol. The minimum Gasteiger partial charge on any atom is -0.481 e. The molecule has 2 atom stereocenters. The maximum atomic E-state index is 10.8. The number of carbonyl (C=O) groups is 1. The molecular formula is C10H9ClO2S. The van der Waals surface area contributed by atoms with Gasteiger partial charge in [-0.3, -0.25) is 4.79 Å². The van der Waals surface area contributed by atoms with Crippen molar-refractivity contribution in [2.24, 2.45) is 5.92 Å². The summed E-state index contributed by atoms with van der Waals surface area (Å²) >= 11 is 7.50. The number of carboxylic acid groups (broad SMARTS) is 1. The second-order valence-electron chi connectivity index (χ2n) is 3.25. The molecule has 2 nitrogen and oxygen atoms in total. The SMILES string of the molecule is O=C(O)C1CSC1c1cccc(Cl)c1. The molecule has 0 amide bonds. The van der Waals surface area contributed by atoms with Gasteiger partial charge in [0.05, 0.1) is 5.92 Å². The number of aliphatic carboxylic acids is 1. The Bertz CT molecular complexity index is 367. The van der Waals surface area contributed by atoms with Crippen molar-refractivity contribution in [1.82, 2.24) is 0 Å². The fourth-order valence-electron chi connectivity index (χ4n) is 1.50. The van der Waals surface area contributed by atoms with Gasteiger partial charge in [0.25, 0.3) is 0 Å². The largest absolute Gasteiger partial charge is 0.481 e. The van der Waals surface area contributed by atoms with Gasteiger partial charge >= 0.3 is 5.97 Å². The van der Waals surface area contributed by atoms with Crippen molar-refractivity contribution in [2.45, 2.75) is 5.25 Å². The predicted molar refractivity (Wildman–Crippen MR) is 57.8 cm³/mol. The number of rotatable bonds is 2. The van der Waals surface area contributed by atoms with Gasteiger partial charge in [-0.15, -0.1) is 0 Å². The molecule has 0 aliphatic carbocycles. The van der Waals surface area contributed by atoms with Crippen LogP contribution >= 0.6 is 23.4 Å². The zero-order valence-corrected chi connectivity index (χ0v) is 8.89. The molecule has 2 unspecified atom stereocenters. The van der Waals surface area contributed by atoms with Crippen molar-refractivity contribution < 1.29 is 9.90 Å². The van der Waals surface area contributed by atoms with Crippen LogP contribution in [-0.2, 0) is 4.79 Å². The summed E-state index contributed by atoms with van der Waals surface area (Å²) in [5, 5.41) is 9.63. The lowest BCUT2D eigenvalue weighted by Gasteiger charge is -2.33. The number of halogens is 1. The minimum atomic E-state index is -0.714. The Morgan fingerprint density at radius 1 is 1.57 bits per heavy atom. The first-order chi connectivity index (χ1) is 6.68. The molecule has 74 valence electrons. The van der Waals surface area contributed by atoms with Gasteiger partial charge < -0.3 is 5.11 Å². The van der Waals surface area contributed by atoms with Crippen LogP contribution in [0.15, 0.2) is 24.3 Å². The lowest BCUT2D eigenvalue weighted by Crippen LogP contribution is -2.30. The molecule has 1 heterocycles. The van der Waals surface area contributed by atoms with Crippen molar-refractivity contribution in [3.63, 3.8) is 0 Å². The van der Waals surface area contributed by atoms with Crippen LogP contribution in [0.4, 0.5) is 0 Å². The van der Waals surface area contributed by atoms with Crippen molar-refractivity contribution in [1.29, 1.82) is 0 Å². The van der Waals surface area contributed by atoms with E-state index in [0.717, 1.165) is 5.56 Å². The fraction of sp³-hybridized carbons (Fsp3) is 0.300. The van der Waals surface area contributed by atoms with E-state index < -0.39 is 5.97 Å². The normalized spacial score (nSPS) is 25.5. The minimum absolute atomic E-state index is 0.0752. The first kappa shape index (κ1) is 9.87. The van der Waals surface area contributed by atoms with Crippen LogP contribution in [0.5, 0.6) is 0 Å². The highest BCUT2D eigenvalue weighted by Gasteiger charge is 2.38. The van der Waals surface area contributed by atoms with Gasteiger partial charge in [-0.2, -0.15) is 11.8 Å². The van der Waals surface area contributed by atoms with Gasteiger partial charge in [0.15, 0.2) is 0 Å². The molecule has 1 aromatic rings. The van der Waals surface area contributed by atoms with Gasteiger partial charge in [0.2, 0.25) is 0 Å². The summed E-state index contributed by atoms with van der Waals surface area (Å²) in [5.74, 6) is -0.265. The van der Waals surface area contributed by atoms with E-state index in [-0.39, 0.29) is 11.2 Å². The Balaban J connectivity index is 2.20. The predicted octanol–water partition coefficient (Wildman–Crippen LogP) is 2.83. The van der Waals surface area contributed by atoms with Crippen molar-refractivity contribution in [3.05, 3.63) is 34.9 Å². The van der Waals surface area contributed by atoms with E-state index in [0.29, 0.717) is 10.8 Å². The Kier molecular flexibility index (Phi) is 2.70. The Morgan fingerprint density at radius 2 is 2.36 bits per heavy atom. The standard InChI is InChI=1S/C10H9ClO2S/c11-7-3-1-2-6(4-7)9-8(5-14-9)10(12)13/h1-4,8-9H,5H2,(H,12,13). The Hall–Kier alpha value is -0.670. The van der Waals surface area contributed by atoms with E-state index >= 15 is 0 Å². The number of carboxylic acids is 1. The summed E-state index contributed by atoms with van der Waals surface area (Å²) in [6.07, 6.45) is 0. The van der Waals surface area contributed by atoms with Crippen LogP contribution in [0.3, 0.4) is 0 Å². The van der Waals surface area contributed by atoms with Crippen LogP contribution in [0, 0.1) is 5.92 Å². The monoisotopic (exact) mass is 228 g/mol. The van der Waals surface area contributed by atoms with Gasteiger partial charge in [-0.1, -0.05) is 23.7 Å². The Morgan fingerprint density at radius 3 is 2.86 bits per heavy atom. The van der Waals surface area contributed by atoms with Gasteiger partial charge in [-0.05, 0) is 17.7 Å². The fourth-order valence-corrected chi connectivity index (χ4v) is 2.88. The molecule has 0 bridgehead atoms. The summed E-state index contributed by atoms with van der Waals surface area (Å²) in [6.45, 7) is 0. The van der Waals surface area contributed by atoms with E-state index in [2.05, 4.69) is 0 Å². The van der Waals surface area contributed by atoms with E-state index in [4.69, 9.17) is 16.7 Å². The zero-order chi connectivity index (χ0) is 10.1. The van der Waals surface area contributed by atoms with Gasteiger partial charge in [-0.25, -0.2) is 0 Å². The molecule has 0 aromatic heterocycles. The summed E-state index contributed by atoms with van der Waals surface area (Å²) in [6, 6.07) is 7.42. The van der Waals surface area contributed by atoms with E-state index in [1.807, 2.05) is 18.2 Å². The van der Waals surface area contributed by atoms with Crippen molar-refractivity contribution >= 4 is 29.3 Å². The molecule has 1 N–H and O–H groups in total. The third kappa shape index (κ3) is 1.74. The van der Waals surface area contributed by atoms with E-state index in [1.165, 1.54) is 0 Å². The van der Waals surface area contributed by atoms with E-state index in [9.17, 15) is 4.79 Å². The molecule has 1 saturated heterocycles. The summed E-state index contributed by atoms with van der Waals surface area (Å²) in [7, 11) is 0. The van der Waals surface area contributed by atoms with E-state index in [1.54, 1.807) is 17.8 Å². The maximum absolute atomic E-state index is 10.8. The summed E-state index contributed by atoms with van der Waals surface area (Å²) in [4.78, 5) is 10.8. The topological polar surface area (TPSA) is 37.3 Å². The van der Waals surface area contributed by atoms with Crippen molar-refractivity contribution in [3.8, 4) is 0 Å². The van der Waals surface area contributed by atoms with Crippen LogP contribution < -0.4 is 0 Å². The highest BCUT2D eigenvalue weighted by Crippen LogP contribution is 2.47. The molecule has 1 aromatic carbocycles. The Labute approximate surface area is 91.3 Å². The first-order valence-corrected chi connectivity index (χ1v) is 5.71. The quantitative estimate of drug-likeness (QED) is 0.846. The first-order valence-electron chi connectivity index (χ1n) is 4.28. The van der Waals surface area contributed by atoms with Crippen LogP contribution in [0.25, 0.3) is 0 Å². The molecule has 2 rings (SSSR count). The molecular weight excluding hydrogens is 220 g/mol. The number of hydrogen-bond donors (Lipinski definition) is 1. The summed E-state index contributed by atoms with van der Waals surface area (Å²) < 4.78 is 0. The van der Waals surface area contributed by atoms with Crippen LogP contribution in [-0.4, -0.2) is 16.8 Å². The lowest BCUT2D eigenvalue weighted by atomic mass is 9.99. The molecule has 1 aliphatic rings. The van der Waals surface area contributed by atoms with Gasteiger partial charge in [0, 0.05) is 16.0 Å². The highest BCUT2D eigenvalue weighted by atomic mass is 35.5. The number of benzene rings is 1. The third-order valence-corrected chi connectivity index (χ3v) is 4.06. The lowest BCUT2D eigenvalue weighted by molar-refractivity contribution is -0.141. The average Bonchev–Trinajstić information content (AvgIpc) is 2.00. The molecule has 0 radical (unpaired) electrons. The maximum Gasteiger partial charge on any atom is 0.308 e. The molecule has 4 heteroatoms. The second kappa shape index (κ2) is 3.83. The molecule has 0 spiro atoms. The summed E-state index contributed by atoms with van der Waals surface area (Å²) in [5.41, 5.74) is 1.01. The highest BCUT2D eigenvalue weighted by molar-refractivity contribution is 8.01. The van der Waals surface area contributed by atoms with Gasteiger partial charge in [0.1, 0.15) is 0 Å². The molecule has 0 saturated carbocycles. The third-order valence-electron chi connectivity index (χ3n) is 2.32. The second-order valence-corrected chi connectivity index (χ2v) is 4.86. The number of hydrogen-bond acceptors (Lipinski definition) is 2. The molecule has 1 fully saturated rings. The molecule has 1 aliphatic heterocycles. The smallest absolute Gasteiger partial charge is 0.308 e. The molecule has 14 heavy (non-hydrogen) atoms. The van der Waals surface area contributed by atoms with Crippen LogP contribution in [0.1, 0.15) is 10.8 Å². The van der Waals surface area contributed by atoms with Crippen LogP contribution in [0.2, 0.25) is 5.02 Å².